The van der Waals surface area contributed by atoms with Crippen LogP contribution in [0.1, 0.15) is 12.0 Å². The first kappa shape index (κ1) is 20.4. The number of amides is 2. The summed E-state index contributed by atoms with van der Waals surface area (Å²) in [5.74, 6) is -0.650. The van der Waals surface area contributed by atoms with Gasteiger partial charge in [0.05, 0.1) is 18.7 Å². The molecule has 0 saturated carbocycles. The number of anilines is 1. The summed E-state index contributed by atoms with van der Waals surface area (Å²) >= 11 is 3.19. The van der Waals surface area contributed by atoms with Gasteiger partial charge >= 0.3 is 0 Å². The number of aromatic nitrogens is 1. The first-order valence-corrected chi connectivity index (χ1v) is 10.4. The Morgan fingerprint density at radius 2 is 2.17 bits per heavy atom. The van der Waals surface area contributed by atoms with Gasteiger partial charge in [0.1, 0.15) is 11.6 Å². The first-order chi connectivity index (χ1) is 14.4. The van der Waals surface area contributed by atoms with Crippen LogP contribution in [0, 0.1) is 11.7 Å². The normalized spacial score (nSPS) is 16.3. The number of methoxy groups -OCH3 is 1. The number of aromatic amines is 1. The van der Waals surface area contributed by atoms with Crippen molar-refractivity contribution in [3.63, 3.8) is 0 Å². The first-order valence-electron chi connectivity index (χ1n) is 9.62. The molecule has 1 saturated heterocycles. The summed E-state index contributed by atoms with van der Waals surface area (Å²) in [7, 11) is 1.63. The third-order valence-corrected chi connectivity index (χ3v) is 5.89. The van der Waals surface area contributed by atoms with E-state index >= 15 is 0 Å². The lowest BCUT2D eigenvalue weighted by Crippen LogP contribution is -2.30. The molecule has 2 heterocycles. The number of hydrogen-bond acceptors (Lipinski definition) is 3. The van der Waals surface area contributed by atoms with Crippen molar-refractivity contribution in [3.05, 3.63) is 58.4 Å². The van der Waals surface area contributed by atoms with Crippen molar-refractivity contribution < 1.29 is 18.7 Å². The van der Waals surface area contributed by atoms with E-state index in [0.29, 0.717) is 24.0 Å². The largest absolute Gasteiger partial charge is 0.497 e. The van der Waals surface area contributed by atoms with Crippen molar-refractivity contribution in [2.24, 2.45) is 5.92 Å². The minimum absolute atomic E-state index is 0.0659. The predicted octanol–water partition coefficient (Wildman–Crippen LogP) is 4.11. The number of carbonyl (C=O) groups is 2. The van der Waals surface area contributed by atoms with E-state index in [-0.39, 0.29) is 23.9 Å². The average Bonchev–Trinajstić information content (AvgIpc) is 3.31. The van der Waals surface area contributed by atoms with Gasteiger partial charge < -0.3 is 19.9 Å². The predicted molar refractivity (Wildman–Crippen MR) is 116 cm³/mol. The highest BCUT2D eigenvalue weighted by Crippen LogP contribution is 2.26. The Kier molecular flexibility index (Phi) is 5.76. The molecule has 8 heteroatoms. The molecule has 1 aliphatic heterocycles. The molecule has 2 N–H and O–H groups in total. The molecule has 0 unspecified atom stereocenters. The van der Waals surface area contributed by atoms with Gasteiger partial charge in [-0.1, -0.05) is 15.9 Å². The number of likely N-dealkylation sites (tertiary alicyclic amines) is 1. The van der Waals surface area contributed by atoms with Gasteiger partial charge in [0.2, 0.25) is 11.8 Å². The van der Waals surface area contributed by atoms with Gasteiger partial charge in [-0.05, 0) is 48.4 Å². The van der Waals surface area contributed by atoms with Crippen molar-refractivity contribution in [1.82, 2.24) is 9.88 Å². The number of ether oxygens (including phenoxy) is 1. The van der Waals surface area contributed by atoms with Gasteiger partial charge in [-0.3, -0.25) is 9.59 Å². The lowest BCUT2D eigenvalue weighted by Gasteiger charge is -2.16. The average molecular weight is 474 g/mol. The zero-order valence-corrected chi connectivity index (χ0v) is 18.0. The highest BCUT2D eigenvalue weighted by Gasteiger charge is 2.34. The summed E-state index contributed by atoms with van der Waals surface area (Å²) in [6.07, 6.45) is 2.73. The molecule has 1 fully saturated rings. The zero-order chi connectivity index (χ0) is 21.3. The van der Waals surface area contributed by atoms with Crippen LogP contribution in [0.25, 0.3) is 10.9 Å². The Labute approximate surface area is 181 Å². The van der Waals surface area contributed by atoms with Crippen LogP contribution in [0.3, 0.4) is 0 Å². The molecule has 6 nitrogen and oxygen atoms in total. The molecule has 2 aromatic carbocycles. The summed E-state index contributed by atoms with van der Waals surface area (Å²) in [5.41, 5.74) is 2.20. The van der Waals surface area contributed by atoms with Crippen molar-refractivity contribution in [2.45, 2.75) is 12.8 Å². The number of H-pyrrole nitrogens is 1. The zero-order valence-electron chi connectivity index (χ0n) is 16.4. The fraction of sp³-hybridized carbons (Fsp3) is 0.273. The van der Waals surface area contributed by atoms with E-state index < -0.39 is 11.7 Å². The summed E-state index contributed by atoms with van der Waals surface area (Å²) in [4.78, 5) is 29.9. The van der Waals surface area contributed by atoms with Gasteiger partial charge in [0.25, 0.3) is 0 Å². The van der Waals surface area contributed by atoms with Gasteiger partial charge in [0.15, 0.2) is 0 Å². The van der Waals surface area contributed by atoms with E-state index in [1.54, 1.807) is 18.1 Å². The molecule has 4 rings (SSSR count). The Morgan fingerprint density at radius 1 is 1.33 bits per heavy atom. The molecular formula is C22H21BrFN3O3. The Hall–Kier alpha value is -2.87. The fourth-order valence-electron chi connectivity index (χ4n) is 3.74. The summed E-state index contributed by atoms with van der Waals surface area (Å²) < 4.78 is 19.9. The SMILES string of the molecule is COc1ccc2[nH]cc(CCN3C[C@H](C(=O)Nc4ccc(Br)cc4F)CC3=O)c2c1. The van der Waals surface area contributed by atoms with E-state index in [9.17, 15) is 14.0 Å². The number of rotatable bonds is 6. The van der Waals surface area contributed by atoms with E-state index in [1.165, 1.54) is 12.1 Å². The molecule has 0 radical (unpaired) electrons. The van der Waals surface area contributed by atoms with Gasteiger partial charge in [-0.25, -0.2) is 4.39 Å². The van der Waals surface area contributed by atoms with E-state index in [4.69, 9.17) is 4.74 Å². The second-order valence-electron chi connectivity index (χ2n) is 7.33. The van der Waals surface area contributed by atoms with E-state index in [0.717, 1.165) is 22.2 Å². The monoisotopic (exact) mass is 473 g/mol. The summed E-state index contributed by atoms with van der Waals surface area (Å²) in [6.45, 7) is 0.841. The van der Waals surface area contributed by atoms with Crippen molar-refractivity contribution in [1.29, 1.82) is 0 Å². The standard InChI is InChI=1S/C22H21BrFN3O3/c1-30-16-3-5-19-17(10-16)13(11-25-19)6-7-27-12-14(8-21(27)28)22(29)26-20-4-2-15(23)9-18(20)24/h2-5,9-11,14,25H,6-8,12H2,1H3,(H,26,29)/t14-/m1/s1. The second-order valence-corrected chi connectivity index (χ2v) is 8.25. The number of benzene rings is 2. The van der Waals surface area contributed by atoms with E-state index in [2.05, 4.69) is 26.2 Å². The third-order valence-electron chi connectivity index (χ3n) is 5.40. The minimum atomic E-state index is -0.520. The van der Waals surface area contributed by atoms with E-state index in [1.807, 2.05) is 24.4 Å². The van der Waals surface area contributed by atoms with Crippen LogP contribution >= 0.6 is 15.9 Å². The van der Waals surface area contributed by atoms with Crippen LogP contribution < -0.4 is 10.1 Å². The maximum absolute atomic E-state index is 14.0. The lowest BCUT2D eigenvalue weighted by molar-refractivity contribution is -0.128. The number of carbonyl (C=O) groups excluding carboxylic acids is 2. The van der Waals surface area contributed by atoms with Crippen LogP contribution in [-0.2, 0) is 16.0 Å². The Balaban J connectivity index is 1.38. The summed E-state index contributed by atoms with van der Waals surface area (Å²) in [5, 5.41) is 3.65. The highest BCUT2D eigenvalue weighted by molar-refractivity contribution is 9.10. The molecule has 3 aromatic rings. The van der Waals surface area contributed by atoms with Crippen LogP contribution in [0.5, 0.6) is 5.75 Å². The number of halogens is 2. The maximum Gasteiger partial charge on any atom is 0.229 e. The van der Waals surface area contributed by atoms with Crippen LogP contribution in [0.2, 0.25) is 0 Å². The quantitative estimate of drug-likeness (QED) is 0.565. The number of nitrogens with zero attached hydrogens (tertiary/aromatic N) is 1. The molecule has 30 heavy (non-hydrogen) atoms. The molecule has 1 aromatic heterocycles. The highest BCUT2D eigenvalue weighted by atomic mass is 79.9. The topological polar surface area (TPSA) is 74.4 Å². The fourth-order valence-corrected chi connectivity index (χ4v) is 4.07. The molecule has 0 spiro atoms. The van der Waals surface area contributed by atoms with Crippen LogP contribution in [-0.4, -0.2) is 41.9 Å². The smallest absolute Gasteiger partial charge is 0.229 e. The third kappa shape index (κ3) is 4.18. The van der Waals surface area contributed by atoms with Gasteiger partial charge in [-0.15, -0.1) is 0 Å². The molecule has 1 aliphatic rings. The van der Waals surface area contributed by atoms with Crippen molar-refractivity contribution in [2.75, 3.05) is 25.5 Å². The molecule has 156 valence electrons. The molecule has 0 bridgehead atoms. The molecule has 1 atom stereocenters. The summed E-state index contributed by atoms with van der Waals surface area (Å²) in [6, 6.07) is 10.3. The number of fused-ring (bicyclic) bond motifs is 1. The minimum Gasteiger partial charge on any atom is -0.497 e. The number of hydrogen-bond donors (Lipinski definition) is 2. The Bertz CT molecular complexity index is 1110. The maximum atomic E-state index is 14.0. The Morgan fingerprint density at radius 3 is 2.93 bits per heavy atom. The number of nitrogens with one attached hydrogen (secondary N) is 2. The lowest BCUT2D eigenvalue weighted by atomic mass is 10.1. The molecular weight excluding hydrogens is 453 g/mol. The van der Waals surface area contributed by atoms with Crippen LogP contribution in [0.15, 0.2) is 47.1 Å². The second kappa shape index (κ2) is 8.47. The molecule has 2 amide bonds. The van der Waals surface area contributed by atoms with Crippen molar-refractivity contribution >= 4 is 44.3 Å². The van der Waals surface area contributed by atoms with Gasteiger partial charge in [-0.2, -0.15) is 0 Å². The van der Waals surface area contributed by atoms with Crippen molar-refractivity contribution in [3.8, 4) is 5.75 Å². The van der Waals surface area contributed by atoms with Crippen LogP contribution in [0.4, 0.5) is 10.1 Å². The van der Waals surface area contributed by atoms with Gasteiger partial charge in [0, 0.05) is 41.1 Å². The molecule has 0 aliphatic carbocycles.